The minimum Gasteiger partial charge on any atom is -0.494 e. The van der Waals surface area contributed by atoms with Gasteiger partial charge in [0.25, 0.3) is 0 Å². The Kier molecular flexibility index (Phi) is 7.89. The van der Waals surface area contributed by atoms with Crippen LogP contribution in [0, 0.1) is 6.92 Å². The summed E-state index contributed by atoms with van der Waals surface area (Å²) in [6, 6.07) is 14.1. The fourth-order valence-corrected chi connectivity index (χ4v) is 3.77. The lowest BCUT2D eigenvalue weighted by atomic mass is 9.98. The van der Waals surface area contributed by atoms with Crippen molar-refractivity contribution in [1.29, 1.82) is 0 Å². The molecule has 10 heteroatoms. The van der Waals surface area contributed by atoms with Gasteiger partial charge in [-0.05, 0) is 74.0 Å². The van der Waals surface area contributed by atoms with E-state index in [4.69, 9.17) is 16.3 Å². The average molecular weight is 556 g/mol. The van der Waals surface area contributed by atoms with Gasteiger partial charge in [0.1, 0.15) is 5.75 Å². The average Bonchev–Trinajstić information content (AvgIpc) is 2.75. The van der Waals surface area contributed by atoms with Gasteiger partial charge in [0.15, 0.2) is 5.78 Å². The highest BCUT2D eigenvalue weighted by atomic mass is 79.9. The lowest BCUT2D eigenvalue weighted by Gasteiger charge is -2.15. The second kappa shape index (κ2) is 10.5. The number of nitrogens with one attached hydrogen (secondary N) is 2. The lowest BCUT2D eigenvalue weighted by molar-refractivity contribution is -0.167. The number of anilines is 3. The van der Waals surface area contributed by atoms with Gasteiger partial charge in [-0.25, -0.2) is 0 Å². The molecule has 3 aromatic rings. The smallest absolute Gasteiger partial charge is 0.471 e. The molecule has 3 rings (SSSR count). The van der Waals surface area contributed by atoms with Crippen molar-refractivity contribution in [2.45, 2.75) is 20.0 Å². The zero-order valence-electron chi connectivity index (χ0n) is 18.0. The van der Waals surface area contributed by atoms with E-state index in [9.17, 15) is 22.8 Å². The van der Waals surface area contributed by atoms with Crippen LogP contribution in [0.1, 0.15) is 28.4 Å². The summed E-state index contributed by atoms with van der Waals surface area (Å²) in [5, 5.41) is 4.92. The summed E-state index contributed by atoms with van der Waals surface area (Å²) < 4.78 is 44.0. The number of ketones is 1. The van der Waals surface area contributed by atoms with Gasteiger partial charge in [0.2, 0.25) is 0 Å². The highest BCUT2D eigenvalue weighted by Gasteiger charge is 2.39. The fourth-order valence-electron chi connectivity index (χ4n) is 3.15. The van der Waals surface area contributed by atoms with Gasteiger partial charge in [0.05, 0.1) is 23.0 Å². The summed E-state index contributed by atoms with van der Waals surface area (Å²) in [5.74, 6) is -1.72. The molecule has 0 aliphatic heterocycles. The molecule has 0 unspecified atom stereocenters. The van der Waals surface area contributed by atoms with Crippen LogP contribution in [0.15, 0.2) is 59.1 Å². The Morgan fingerprint density at radius 3 is 2.32 bits per heavy atom. The Morgan fingerprint density at radius 1 is 1.00 bits per heavy atom. The number of aryl methyl sites for hydroxylation is 1. The molecule has 0 saturated carbocycles. The number of benzene rings is 3. The Bertz CT molecular complexity index is 1250. The van der Waals surface area contributed by atoms with E-state index in [1.165, 1.54) is 24.3 Å². The third-order valence-corrected chi connectivity index (χ3v) is 5.54. The molecule has 178 valence electrons. The minimum absolute atomic E-state index is 0.0852. The maximum absolute atomic E-state index is 13.0. The largest absolute Gasteiger partial charge is 0.494 e. The van der Waals surface area contributed by atoms with Crippen LogP contribution in [0.25, 0.3) is 0 Å². The highest BCUT2D eigenvalue weighted by Crippen LogP contribution is 2.32. The molecular weight excluding hydrogens is 537 g/mol. The Labute approximate surface area is 207 Å². The van der Waals surface area contributed by atoms with Crippen molar-refractivity contribution < 1.29 is 27.5 Å². The van der Waals surface area contributed by atoms with Gasteiger partial charge in [-0.3, -0.25) is 9.59 Å². The Hall–Kier alpha value is -3.04. The maximum Gasteiger partial charge on any atom is 0.471 e. The maximum atomic E-state index is 13.0. The molecule has 0 aromatic heterocycles. The number of ether oxygens (including phenoxy) is 1. The molecule has 0 atom stereocenters. The molecule has 34 heavy (non-hydrogen) atoms. The van der Waals surface area contributed by atoms with Crippen LogP contribution in [0.4, 0.5) is 30.2 Å². The zero-order valence-corrected chi connectivity index (χ0v) is 20.4. The Morgan fingerprint density at radius 2 is 1.71 bits per heavy atom. The standard InChI is InChI=1S/C24H19BrClF3N2O3/c1-3-34-16-6-8-17(13(2)10-16)22(32)18-7-5-15(12-19(18)26)30-20-9-4-14(25)11-21(20)31-23(33)24(27,28)29/h4-12,30H,3H2,1-2H3,(H,31,33). The van der Waals surface area contributed by atoms with Crippen molar-refractivity contribution in [3.63, 3.8) is 0 Å². The van der Waals surface area contributed by atoms with Crippen LogP contribution in [-0.4, -0.2) is 24.5 Å². The van der Waals surface area contributed by atoms with Gasteiger partial charge in [-0.1, -0.05) is 27.5 Å². The van der Waals surface area contributed by atoms with E-state index < -0.39 is 12.1 Å². The number of halogens is 5. The normalized spacial score (nSPS) is 11.1. The summed E-state index contributed by atoms with van der Waals surface area (Å²) >= 11 is 9.54. The first-order valence-electron chi connectivity index (χ1n) is 10.0. The lowest BCUT2D eigenvalue weighted by Crippen LogP contribution is -2.30. The summed E-state index contributed by atoms with van der Waals surface area (Å²) in [4.78, 5) is 24.4. The molecular formula is C24H19BrClF3N2O3. The fraction of sp³-hybridized carbons (Fsp3) is 0.167. The first kappa shape index (κ1) is 25.6. The Balaban J connectivity index is 1.85. The molecule has 0 radical (unpaired) electrons. The number of hydrogen-bond acceptors (Lipinski definition) is 4. The minimum atomic E-state index is -5.04. The number of carbonyl (C=O) groups is 2. The van der Waals surface area contributed by atoms with Crippen molar-refractivity contribution in [3.8, 4) is 5.75 Å². The summed E-state index contributed by atoms with van der Waals surface area (Å²) in [7, 11) is 0. The van der Waals surface area contributed by atoms with Gasteiger partial charge >= 0.3 is 12.1 Å². The zero-order chi connectivity index (χ0) is 25.0. The van der Waals surface area contributed by atoms with E-state index in [0.717, 1.165) is 5.56 Å². The van der Waals surface area contributed by atoms with E-state index in [1.54, 1.807) is 37.3 Å². The SMILES string of the molecule is CCOc1ccc(C(=O)c2ccc(Nc3ccc(Br)cc3NC(=O)C(F)(F)F)cc2Cl)c(C)c1. The van der Waals surface area contributed by atoms with Crippen LogP contribution in [0.5, 0.6) is 5.75 Å². The summed E-state index contributed by atoms with van der Waals surface area (Å²) in [5.41, 5.74) is 2.00. The van der Waals surface area contributed by atoms with Gasteiger partial charge in [-0.2, -0.15) is 13.2 Å². The van der Waals surface area contributed by atoms with E-state index in [0.29, 0.717) is 28.1 Å². The molecule has 3 aromatic carbocycles. The van der Waals surface area contributed by atoms with Gasteiger partial charge in [-0.15, -0.1) is 0 Å². The van der Waals surface area contributed by atoms with E-state index in [1.807, 2.05) is 12.2 Å². The predicted octanol–water partition coefficient (Wildman–Crippen LogP) is 7.29. The second-order valence-electron chi connectivity index (χ2n) is 7.20. The van der Waals surface area contributed by atoms with Crippen molar-refractivity contribution >= 4 is 56.3 Å². The number of hydrogen-bond donors (Lipinski definition) is 2. The molecule has 0 bridgehead atoms. The third-order valence-electron chi connectivity index (χ3n) is 4.73. The molecule has 2 N–H and O–H groups in total. The number of amides is 1. The summed E-state index contributed by atoms with van der Waals surface area (Å²) in [6.45, 7) is 4.17. The van der Waals surface area contributed by atoms with Crippen LogP contribution in [0.3, 0.4) is 0 Å². The number of carbonyl (C=O) groups excluding carboxylic acids is 2. The van der Waals surface area contributed by atoms with E-state index in [-0.39, 0.29) is 27.7 Å². The van der Waals surface area contributed by atoms with Crippen LogP contribution in [0.2, 0.25) is 5.02 Å². The predicted molar refractivity (Wildman–Crippen MR) is 129 cm³/mol. The van der Waals surface area contributed by atoms with Crippen molar-refractivity contribution in [1.82, 2.24) is 0 Å². The third kappa shape index (κ3) is 6.09. The highest BCUT2D eigenvalue weighted by molar-refractivity contribution is 9.10. The van der Waals surface area contributed by atoms with Crippen LogP contribution in [-0.2, 0) is 4.79 Å². The molecule has 0 heterocycles. The number of alkyl halides is 3. The summed E-state index contributed by atoms with van der Waals surface area (Å²) in [6.07, 6.45) is -5.04. The van der Waals surface area contributed by atoms with Crippen molar-refractivity contribution in [3.05, 3.63) is 80.8 Å². The van der Waals surface area contributed by atoms with Gasteiger partial charge in [0, 0.05) is 21.3 Å². The van der Waals surface area contributed by atoms with Crippen LogP contribution < -0.4 is 15.4 Å². The molecule has 5 nitrogen and oxygen atoms in total. The molecule has 0 spiro atoms. The van der Waals surface area contributed by atoms with Gasteiger partial charge < -0.3 is 15.4 Å². The molecule has 0 aliphatic rings. The molecule has 1 amide bonds. The van der Waals surface area contributed by atoms with Crippen LogP contribution >= 0.6 is 27.5 Å². The van der Waals surface area contributed by atoms with Crippen molar-refractivity contribution in [2.24, 2.45) is 0 Å². The topological polar surface area (TPSA) is 67.4 Å². The van der Waals surface area contributed by atoms with E-state index in [2.05, 4.69) is 21.2 Å². The van der Waals surface area contributed by atoms with Crippen molar-refractivity contribution in [2.75, 3.05) is 17.2 Å². The first-order chi connectivity index (χ1) is 16.0. The quantitative estimate of drug-likeness (QED) is 0.301. The first-order valence-corrected chi connectivity index (χ1v) is 11.2. The molecule has 0 aliphatic carbocycles. The molecule has 0 saturated heterocycles. The monoisotopic (exact) mass is 554 g/mol. The van der Waals surface area contributed by atoms with E-state index >= 15 is 0 Å². The second-order valence-corrected chi connectivity index (χ2v) is 8.52. The number of rotatable bonds is 7. The molecule has 0 fully saturated rings.